The highest BCUT2D eigenvalue weighted by Gasteiger charge is 2.18. The van der Waals surface area contributed by atoms with E-state index in [1.54, 1.807) is 0 Å². The summed E-state index contributed by atoms with van der Waals surface area (Å²) in [6.07, 6.45) is 2.59. The number of carbonyl (C=O) groups is 1. The van der Waals surface area contributed by atoms with Crippen molar-refractivity contribution in [2.24, 2.45) is 0 Å². The number of H-pyrrole nitrogens is 1. The maximum Gasteiger partial charge on any atom is 0.252 e. The molecule has 0 saturated carbocycles. The fraction of sp³-hybridized carbons (Fsp3) is 0.474. The summed E-state index contributed by atoms with van der Waals surface area (Å²) in [6, 6.07) is 6.12. The minimum atomic E-state index is -0.0327. The lowest BCUT2D eigenvalue weighted by atomic mass is 10.0. The maximum atomic E-state index is 12.2. The van der Waals surface area contributed by atoms with Crippen LogP contribution >= 0.6 is 0 Å². The standard InChI is InChI=1S/C19H25N3O2/c1-13-9-14(2)16-11-15(19(24)21-17(16)10-13)12-20-6-4-8-22-7-3-5-18(22)23/h9-11,20H,3-8,12H2,1-2H3,(H,21,24). The summed E-state index contributed by atoms with van der Waals surface area (Å²) in [7, 11) is 0. The highest BCUT2D eigenvalue weighted by atomic mass is 16.2. The van der Waals surface area contributed by atoms with Crippen LogP contribution in [-0.4, -0.2) is 35.4 Å². The molecule has 5 heteroatoms. The first-order valence-corrected chi connectivity index (χ1v) is 8.66. The number of rotatable bonds is 6. The third kappa shape index (κ3) is 3.67. The molecule has 0 unspecified atom stereocenters. The molecule has 1 aliphatic rings. The highest BCUT2D eigenvalue weighted by Crippen LogP contribution is 2.18. The Bertz CT molecular complexity index is 810. The molecule has 1 saturated heterocycles. The number of amides is 1. The predicted molar refractivity (Wildman–Crippen MR) is 96.2 cm³/mol. The average molecular weight is 327 g/mol. The van der Waals surface area contributed by atoms with Crippen molar-refractivity contribution in [3.8, 4) is 0 Å². The Hall–Kier alpha value is -2.14. The quantitative estimate of drug-likeness (QED) is 0.800. The van der Waals surface area contributed by atoms with Gasteiger partial charge in [-0.3, -0.25) is 9.59 Å². The number of hydrogen-bond acceptors (Lipinski definition) is 3. The molecule has 1 amide bonds. The van der Waals surface area contributed by atoms with E-state index < -0.39 is 0 Å². The molecule has 1 fully saturated rings. The fourth-order valence-electron chi connectivity index (χ4n) is 3.41. The summed E-state index contributed by atoms with van der Waals surface area (Å²) in [5, 5.41) is 4.42. The Morgan fingerprint density at radius 2 is 2.04 bits per heavy atom. The van der Waals surface area contributed by atoms with E-state index in [0.717, 1.165) is 54.5 Å². The molecule has 2 heterocycles. The van der Waals surface area contributed by atoms with Gasteiger partial charge in [0.05, 0.1) is 0 Å². The third-order valence-corrected chi connectivity index (χ3v) is 4.66. The van der Waals surface area contributed by atoms with Crippen molar-refractivity contribution in [2.75, 3.05) is 19.6 Å². The number of aryl methyl sites for hydroxylation is 2. The molecule has 0 atom stereocenters. The Kier molecular flexibility index (Phi) is 5.00. The lowest BCUT2D eigenvalue weighted by Gasteiger charge is -2.15. The molecule has 0 spiro atoms. The number of pyridine rings is 1. The third-order valence-electron chi connectivity index (χ3n) is 4.66. The molecular weight excluding hydrogens is 302 g/mol. The average Bonchev–Trinajstić information content (AvgIpc) is 2.93. The van der Waals surface area contributed by atoms with Gasteiger partial charge in [-0.05, 0) is 56.5 Å². The van der Waals surface area contributed by atoms with E-state index in [4.69, 9.17) is 0 Å². The SMILES string of the molecule is Cc1cc(C)c2cc(CNCCCN3CCCC3=O)c(=O)[nH]c2c1. The van der Waals surface area contributed by atoms with Gasteiger partial charge in [0.2, 0.25) is 5.91 Å². The van der Waals surface area contributed by atoms with Crippen molar-refractivity contribution in [2.45, 2.75) is 39.7 Å². The molecule has 0 radical (unpaired) electrons. The molecule has 1 aliphatic heterocycles. The van der Waals surface area contributed by atoms with E-state index in [1.807, 2.05) is 24.0 Å². The molecule has 24 heavy (non-hydrogen) atoms. The first-order chi connectivity index (χ1) is 11.5. The monoisotopic (exact) mass is 327 g/mol. The van der Waals surface area contributed by atoms with Crippen molar-refractivity contribution < 1.29 is 4.79 Å². The summed E-state index contributed by atoms with van der Waals surface area (Å²) >= 11 is 0. The van der Waals surface area contributed by atoms with E-state index in [1.165, 1.54) is 5.56 Å². The summed E-state index contributed by atoms with van der Waals surface area (Å²) in [5.41, 5.74) is 3.95. The number of nitrogens with zero attached hydrogens (tertiary/aromatic N) is 1. The zero-order valence-corrected chi connectivity index (χ0v) is 14.4. The van der Waals surface area contributed by atoms with E-state index in [2.05, 4.69) is 23.3 Å². The lowest BCUT2D eigenvalue weighted by Crippen LogP contribution is -2.29. The van der Waals surface area contributed by atoms with Gasteiger partial charge in [0.25, 0.3) is 5.56 Å². The number of hydrogen-bond donors (Lipinski definition) is 2. The van der Waals surface area contributed by atoms with Gasteiger partial charge < -0.3 is 15.2 Å². The van der Waals surface area contributed by atoms with Crippen LogP contribution in [0.25, 0.3) is 10.9 Å². The van der Waals surface area contributed by atoms with E-state index in [0.29, 0.717) is 13.0 Å². The number of nitrogens with one attached hydrogen (secondary N) is 2. The fourth-order valence-corrected chi connectivity index (χ4v) is 3.41. The Balaban J connectivity index is 1.58. The maximum absolute atomic E-state index is 12.2. The Morgan fingerprint density at radius 1 is 1.21 bits per heavy atom. The van der Waals surface area contributed by atoms with Crippen molar-refractivity contribution in [3.63, 3.8) is 0 Å². The van der Waals surface area contributed by atoms with Gasteiger partial charge in [-0.15, -0.1) is 0 Å². The predicted octanol–water partition coefficient (Wildman–Crippen LogP) is 2.25. The van der Waals surface area contributed by atoms with Crippen molar-refractivity contribution >= 4 is 16.8 Å². The second-order valence-electron chi connectivity index (χ2n) is 6.68. The van der Waals surface area contributed by atoms with Gasteiger partial charge in [0, 0.05) is 42.5 Å². The minimum absolute atomic E-state index is 0.0327. The molecule has 0 bridgehead atoms. The van der Waals surface area contributed by atoms with Gasteiger partial charge in [0.15, 0.2) is 0 Å². The normalized spacial score (nSPS) is 14.8. The van der Waals surface area contributed by atoms with E-state index in [9.17, 15) is 9.59 Å². The van der Waals surface area contributed by atoms with Crippen LogP contribution in [-0.2, 0) is 11.3 Å². The topological polar surface area (TPSA) is 65.2 Å². The van der Waals surface area contributed by atoms with Crippen LogP contribution in [0.1, 0.15) is 36.0 Å². The smallest absolute Gasteiger partial charge is 0.252 e. The number of fused-ring (bicyclic) bond motifs is 1. The molecular formula is C19H25N3O2. The van der Waals surface area contributed by atoms with Crippen LogP contribution in [0.15, 0.2) is 23.0 Å². The van der Waals surface area contributed by atoms with Gasteiger partial charge in [-0.2, -0.15) is 0 Å². The molecule has 3 rings (SSSR count). The van der Waals surface area contributed by atoms with Gasteiger partial charge >= 0.3 is 0 Å². The summed E-state index contributed by atoms with van der Waals surface area (Å²) in [6.45, 7) is 7.14. The zero-order chi connectivity index (χ0) is 17.1. The molecule has 2 aromatic rings. The highest BCUT2D eigenvalue weighted by molar-refractivity contribution is 5.83. The minimum Gasteiger partial charge on any atom is -0.343 e. The van der Waals surface area contributed by atoms with E-state index in [-0.39, 0.29) is 11.5 Å². The molecule has 0 aliphatic carbocycles. The van der Waals surface area contributed by atoms with Crippen molar-refractivity contribution in [3.05, 3.63) is 45.2 Å². The van der Waals surface area contributed by atoms with Gasteiger partial charge in [-0.1, -0.05) is 6.07 Å². The van der Waals surface area contributed by atoms with Crippen molar-refractivity contribution in [1.82, 2.24) is 15.2 Å². The second-order valence-corrected chi connectivity index (χ2v) is 6.68. The first kappa shape index (κ1) is 16.7. The summed E-state index contributed by atoms with van der Waals surface area (Å²) in [5.74, 6) is 0.270. The zero-order valence-electron chi connectivity index (χ0n) is 14.4. The van der Waals surface area contributed by atoms with Crippen LogP contribution in [0.3, 0.4) is 0 Å². The first-order valence-electron chi connectivity index (χ1n) is 8.66. The number of benzene rings is 1. The van der Waals surface area contributed by atoms with Crippen LogP contribution in [0.4, 0.5) is 0 Å². The van der Waals surface area contributed by atoms with E-state index >= 15 is 0 Å². The number of carbonyl (C=O) groups excluding carboxylic acids is 1. The summed E-state index contributed by atoms with van der Waals surface area (Å²) < 4.78 is 0. The molecule has 1 aromatic heterocycles. The van der Waals surface area contributed by atoms with Crippen LogP contribution < -0.4 is 10.9 Å². The molecule has 5 nitrogen and oxygen atoms in total. The van der Waals surface area contributed by atoms with Crippen LogP contribution in [0.2, 0.25) is 0 Å². The molecule has 1 aromatic carbocycles. The Morgan fingerprint density at radius 3 is 2.79 bits per heavy atom. The van der Waals surface area contributed by atoms with Gasteiger partial charge in [0.1, 0.15) is 0 Å². The molecule has 2 N–H and O–H groups in total. The van der Waals surface area contributed by atoms with Crippen LogP contribution in [0, 0.1) is 13.8 Å². The lowest BCUT2D eigenvalue weighted by molar-refractivity contribution is -0.127. The van der Waals surface area contributed by atoms with Gasteiger partial charge in [-0.25, -0.2) is 0 Å². The number of aromatic nitrogens is 1. The van der Waals surface area contributed by atoms with Crippen LogP contribution in [0.5, 0.6) is 0 Å². The van der Waals surface area contributed by atoms with Crippen molar-refractivity contribution in [1.29, 1.82) is 0 Å². The largest absolute Gasteiger partial charge is 0.343 e. The second kappa shape index (κ2) is 7.18. The Labute approximate surface area is 142 Å². The number of likely N-dealkylation sites (tertiary alicyclic amines) is 1. The molecule has 128 valence electrons. The summed E-state index contributed by atoms with van der Waals surface area (Å²) in [4.78, 5) is 28.7. The number of aromatic amines is 1.